The molecule has 0 amide bonds. The maximum atomic E-state index is 5.56. The number of ether oxygens (including phenoxy) is 1. The van der Waals surface area contributed by atoms with Crippen molar-refractivity contribution in [3.63, 3.8) is 0 Å². The zero-order valence-electron chi connectivity index (χ0n) is 8.75. The quantitative estimate of drug-likeness (QED) is 0.578. The molecule has 0 fully saturated rings. The van der Waals surface area contributed by atoms with Gasteiger partial charge in [0.05, 0.1) is 5.44 Å². The first-order valence-electron chi connectivity index (χ1n) is 4.68. The number of hydrogen-bond acceptors (Lipinski definition) is 2. The van der Waals surface area contributed by atoms with Crippen LogP contribution < -0.4 is 10.2 Å². The molecule has 83 valence electrons. The Labute approximate surface area is 110 Å². The average Bonchev–Trinajstić information content (AvgIpc) is 2.31. The Morgan fingerprint density at radius 1 is 1.19 bits per heavy atom. The molecule has 0 bridgehead atoms. The molecular weight excluding hydrogens is 395 g/mol. The monoisotopic (exact) mass is 408 g/mol. The van der Waals surface area contributed by atoms with Gasteiger partial charge < -0.3 is 4.74 Å². The van der Waals surface area contributed by atoms with Gasteiger partial charge in [0.1, 0.15) is 0 Å². The van der Waals surface area contributed by atoms with Crippen LogP contribution in [-0.4, -0.2) is 11.6 Å². The summed E-state index contributed by atoms with van der Waals surface area (Å²) in [6.45, 7) is 2.10. The van der Waals surface area contributed by atoms with Crippen LogP contribution in [0.15, 0.2) is 42.5 Å². The van der Waals surface area contributed by atoms with E-state index >= 15 is 0 Å². The molecule has 0 spiro atoms. The van der Waals surface area contributed by atoms with Crippen molar-refractivity contribution < 1.29 is 24.5 Å². The number of nitrogens with zero attached hydrogens (tertiary/aromatic N) is 1. The molecular formula is C12H11NOOsP. The molecule has 0 saturated heterocycles. The fraction of sp³-hybridized carbons (Fsp3) is 0.0833. The molecule has 1 unspecified atom stereocenters. The summed E-state index contributed by atoms with van der Waals surface area (Å²) < 4.78 is 5.56. The number of pyridine rings is 1. The first-order valence-corrected chi connectivity index (χ1v) is 6.18. The maximum Gasteiger partial charge on any atom is 1.00 e. The second-order valence-electron chi connectivity index (χ2n) is 2.94. The Balaban J connectivity index is 0.00000128. The van der Waals surface area contributed by atoms with Gasteiger partial charge in [-0.05, 0) is 12.7 Å². The Kier molecular flexibility index (Phi) is 5.60. The average molecular weight is 406 g/mol. The maximum absolute atomic E-state index is 5.56. The normalized spacial score (nSPS) is 10.1. The third-order valence-electron chi connectivity index (χ3n) is 1.87. The van der Waals surface area contributed by atoms with Crippen molar-refractivity contribution in [1.29, 1.82) is 0 Å². The molecule has 1 aromatic heterocycles. The van der Waals surface area contributed by atoms with Crippen LogP contribution in [0.2, 0.25) is 0 Å². The van der Waals surface area contributed by atoms with Crippen LogP contribution in [0.4, 0.5) is 0 Å². The number of aromatic nitrogens is 1. The molecule has 16 heavy (non-hydrogen) atoms. The Bertz CT molecular complexity index is 436. The van der Waals surface area contributed by atoms with Gasteiger partial charge in [-0.2, -0.15) is 18.2 Å². The van der Waals surface area contributed by atoms with Crippen LogP contribution in [-0.2, 0) is 19.8 Å². The molecule has 0 saturated carbocycles. The van der Waals surface area contributed by atoms with Crippen LogP contribution in [0.1, 0.15) is 0 Å². The van der Waals surface area contributed by atoms with Gasteiger partial charge in [0.25, 0.3) is 0 Å². The van der Waals surface area contributed by atoms with Crippen molar-refractivity contribution in [1.82, 2.24) is 4.98 Å². The first kappa shape index (κ1) is 13.3. The van der Waals surface area contributed by atoms with Crippen LogP contribution in [0, 0.1) is 6.07 Å². The summed E-state index contributed by atoms with van der Waals surface area (Å²) in [5.41, 5.74) is 1.06. The fourth-order valence-corrected chi connectivity index (χ4v) is 1.65. The van der Waals surface area contributed by atoms with E-state index in [9.17, 15) is 0 Å². The molecule has 4 heteroatoms. The number of benzene rings is 1. The predicted octanol–water partition coefficient (Wildman–Crippen LogP) is 2.61. The molecule has 2 rings (SSSR count). The van der Waals surface area contributed by atoms with Crippen LogP contribution >= 0.6 is 8.58 Å². The van der Waals surface area contributed by atoms with Crippen molar-refractivity contribution in [2.24, 2.45) is 0 Å². The van der Waals surface area contributed by atoms with Crippen molar-refractivity contribution >= 4 is 14.0 Å². The summed E-state index contributed by atoms with van der Waals surface area (Å²) in [7, 11) is 0.686. The van der Waals surface area contributed by atoms with Crippen LogP contribution in [0.3, 0.4) is 0 Å². The minimum atomic E-state index is 0. The van der Waals surface area contributed by atoms with Crippen molar-refractivity contribution in [2.45, 2.75) is 0 Å². The van der Waals surface area contributed by atoms with Gasteiger partial charge in [0.15, 0.2) is 0 Å². The molecule has 0 aliphatic heterocycles. The molecule has 1 atom stereocenters. The second kappa shape index (κ2) is 6.74. The van der Waals surface area contributed by atoms with Crippen LogP contribution in [0.5, 0.6) is 11.6 Å². The molecule has 2 aromatic rings. The fourth-order valence-electron chi connectivity index (χ4n) is 1.16. The van der Waals surface area contributed by atoms with E-state index in [0.717, 1.165) is 5.44 Å². The summed E-state index contributed by atoms with van der Waals surface area (Å²) >= 11 is 0. The molecule has 1 heterocycles. The predicted molar refractivity (Wildman–Crippen MR) is 63.5 cm³/mol. The van der Waals surface area contributed by atoms with Gasteiger partial charge in [0, 0.05) is 11.8 Å². The first-order chi connectivity index (χ1) is 7.38. The number of para-hydroxylation sites is 1. The smallest absolute Gasteiger partial charge is 0.466 e. The third kappa shape index (κ3) is 3.67. The summed E-state index contributed by atoms with van der Waals surface area (Å²) in [4.78, 5) is 4.36. The number of rotatable bonds is 3. The molecule has 1 radical (unpaired) electrons. The van der Waals surface area contributed by atoms with Gasteiger partial charge in [-0.25, -0.2) is 4.98 Å². The van der Waals surface area contributed by atoms with E-state index in [0.29, 0.717) is 20.2 Å². The summed E-state index contributed by atoms with van der Waals surface area (Å²) in [6, 6.07) is 16.3. The van der Waals surface area contributed by atoms with Gasteiger partial charge in [-0.1, -0.05) is 14.6 Å². The standard InChI is InChI=1S/C12H11NOP.Os/c1-15-12-9-5-8-11(13-12)14-10-6-3-2-4-7-10;/h2-6,8-9,15H,1H3;/q-1;+1. The largest absolute Gasteiger partial charge is 1.00 e. The summed E-state index contributed by atoms with van der Waals surface area (Å²) in [5, 5.41) is 0. The minimum Gasteiger partial charge on any atom is -0.466 e. The van der Waals surface area contributed by atoms with E-state index in [1.54, 1.807) is 0 Å². The van der Waals surface area contributed by atoms with Crippen molar-refractivity contribution in [3.8, 4) is 11.6 Å². The van der Waals surface area contributed by atoms with E-state index < -0.39 is 0 Å². The van der Waals surface area contributed by atoms with E-state index in [1.165, 1.54) is 0 Å². The Morgan fingerprint density at radius 3 is 2.75 bits per heavy atom. The Morgan fingerprint density at radius 2 is 2.06 bits per heavy atom. The Hall–Kier alpha value is -0.764. The molecule has 0 aliphatic rings. The van der Waals surface area contributed by atoms with Crippen molar-refractivity contribution in [3.05, 3.63) is 48.5 Å². The van der Waals surface area contributed by atoms with E-state index in [-0.39, 0.29) is 19.8 Å². The van der Waals surface area contributed by atoms with E-state index in [2.05, 4.69) is 17.7 Å². The topological polar surface area (TPSA) is 22.1 Å². The number of hydrogen-bond donors (Lipinski definition) is 0. The molecule has 0 N–H and O–H groups in total. The van der Waals surface area contributed by atoms with E-state index in [4.69, 9.17) is 4.74 Å². The molecule has 0 aliphatic carbocycles. The SMILES string of the molecule is CPc1cccc(Oc2[c-]cccc2)n1.[Os+]. The van der Waals surface area contributed by atoms with Crippen LogP contribution in [0.25, 0.3) is 0 Å². The third-order valence-corrected chi connectivity index (χ3v) is 2.67. The molecule has 1 aromatic carbocycles. The van der Waals surface area contributed by atoms with Gasteiger partial charge in [-0.3, -0.25) is 0 Å². The zero-order valence-corrected chi connectivity index (χ0v) is 12.3. The van der Waals surface area contributed by atoms with E-state index in [1.807, 2.05) is 42.5 Å². The second-order valence-corrected chi connectivity index (χ2v) is 3.95. The molecule has 2 nitrogen and oxygen atoms in total. The minimum absolute atomic E-state index is 0. The van der Waals surface area contributed by atoms with Gasteiger partial charge in [0.2, 0.25) is 5.88 Å². The van der Waals surface area contributed by atoms with Crippen molar-refractivity contribution in [2.75, 3.05) is 6.66 Å². The zero-order chi connectivity index (χ0) is 10.5. The van der Waals surface area contributed by atoms with Gasteiger partial charge in [-0.15, -0.1) is 12.1 Å². The van der Waals surface area contributed by atoms with Gasteiger partial charge >= 0.3 is 19.8 Å². The summed E-state index contributed by atoms with van der Waals surface area (Å²) in [6.07, 6.45) is 0. The summed E-state index contributed by atoms with van der Waals surface area (Å²) in [5.74, 6) is 1.32.